The van der Waals surface area contributed by atoms with Gasteiger partial charge in [0.25, 0.3) is 0 Å². The molecule has 0 unspecified atom stereocenters. The number of rotatable bonds is 3. The second-order valence-electron chi connectivity index (χ2n) is 4.54. The highest BCUT2D eigenvalue weighted by Crippen LogP contribution is 2.28. The van der Waals surface area contributed by atoms with Crippen molar-refractivity contribution in [3.63, 3.8) is 0 Å². The molecule has 1 N–H and O–H groups in total. The normalized spacial score (nSPS) is 13.5. The van der Waals surface area contributed by atoms with Gasteiger partial charge in [0.2, 0.25) is 0 Å². The largest absolute Gasteiger partial charge is 0.476 e. The topological polar surface area (TPSA) is 55.1 Å². The van der Waals surface area contributed by atoms with Crippen LogP contribution in [0.15, 0.2) is 29.2 Å². The average Bonchev–Trinajstić information content (AvgIpc) is 3.00. The van der Waals surface area contributed by atoms with Crippen LogP contribution in [0.4, 0.5) is 0 Å². The van der Waals surface area contributed by atoms with Crippen LogP contribution in [0, 0.1) is 0 Å². The van der Waals surface area contributed by atoms with Crippen molar-refractivity contribution in [1.29, 1.82) is 0 Å². The fraction of sp³-hybridized carbons (Fsp3) is 0.286. The van der Waals surface area contributed by atoms with E-state index in [9.17, 15) is 9.90 Å². The number of fused-ring (bicyclic) bond motifs is 1. The summed E-state index contributed by atoms with van der Waals surface area (Å²) >= 11 is 1.68. The highest BCUT2D eigenvalue weighted by molar-refractivity contribution is 7.98. The number of carbonyl (C=O) groups is 1. The molecule has 0 saturated heterocycles. The van der Waals surface area contributed by atoms with E-state index in [4.69, 9.17) is 0 Å². The summed E-state index contributed by atoms with van der Waals surface area (Å²) in [4.78, 5) is 12.4. The SMILES string of the molecule is CSc1ccc(-n2nc(C(=O)O)c3c2CCC3)cc1. The fourth-order valence-corrected chi connectivity index (χ4v) is 2.95. The monoisotopic (exact) mass is 274 g/mol. The number of hydrogen-bond acceptors (Lipinski definition) is 3. The lowest BCUT2D eigenvalue weighted by Crippen LogP contribution is -2.04. The molecule has 1 heterocycles. The van der Waals surface area contributed by atoms with Crippen LogP contribution in [0.2, 0.25) is 0 Å². The first-order valence-electron chi connectivity index (χ1n) is 6.19. The van der Waals surface area contributed by atoms with Gasteiger partial charge in [0.1, 0.15) is 0 Å². The molecular formula is C14H14N2O2S. The predicted octanol–water partition coefficient (Wildman–Crippen LogP) is 2.78. The standard InChI is InChI=1S/C14H14N2O2S/c1-19-10-7-5-9(6-8-10)16-12-4-2-3-11(12)13(15-16)14(17)18/h5-8H,2-4H2,1H3,(H,17,18). The van der Waals surface area contributed by atoms with Gasteiger partial charge in [-0.05, 0) is 49.8 Å². The number of carboxylic acid groups (broad SMARTS) is 1. The molecule has 2 aromatic rings. The number of hydrogen-bond donors (Lipinski definition) is 1. The summed E-state index contributed by atoms with van der Waals surface area (Å²) in [5.74, 6) is -0.933. The van der Waals surface area contributed by atoms with Gasteiger partial charge in [0.05, 0.1) is 5.69 Å². The first-order chi connectivity index (χ1) is 9.20. The van der Waals surface area contributed by atoms with Gasteiger partial charge in [-0.2, -0.15) is 5.10 Å². The minimum Gasteiger partial charge on any atom is -0.476 e. The summed E-state index contributed by atoms with van der Waals surface area (Å²) in [6.07, 6.45) is 4.76. The Bertz CT molecular complexity index is 632. The van der Waals surface area contributed by atoms with Crippen molar-refractivity contribution in [3.05, 3.63) is 41.2 Å². The smallest absolute Gasteiger partial charge is 0.356 e. The Morgan fingerprint density at radius 1 is 1.32 bits per heavy atom. The number of aromatic carboxylic acids is 1. The summed E-state index contributed by atoms with van der Waals surface area (Å²) in [6, 6.07) is 8.04. The first kappa shape index (κ1) is 12.3. The van der Waals surface area contributed by atoms with E-state index >= 15 is 0 Å². The molecule has 0 atom stereocenters. The molecule has 5 heteroatoms. The summed E-state index contributed by atoms with van der Waals surface area (Å²) < 4.78 is 1.79. The molecular weight excluding hydrogens is 260 g/mol. The van der Waals surface area contributed by atoms with Crippen LogP contribution in [0.5, 0.6) is 0 Å². The molecule has 1 aliphatic carbocycles. The van der Waals surface area contributed by atoms with Gasteiger partial charge < -0.3 is 5.11 Å². The van der Waals surface area contributed by atoms with E-state index < -0.39 is 5.97 Å². The number of nitrogens with zero attached hydrogens (tertiary/aromatic N) is 2. The van der Waals surface area contributed by atoms with Gasteiger partial charge in [-0.3, -0.25) is 0 Å². The average molecular weight is 274 g/mol. The lowest BCUT2D eigenvalue weighted by molar-refractivity contribution is 0.0689. The quantitative estimate of drug-likeness (QED) is 0.874. The first-order valence-corrected chi connectivity index (χ1v) is 7.41. The summed E-state index contributed by atoms with van der Waals surface area (Å²) in [7, 11) is 0. The molecule has 19 heavy (non-hydrogen) atoms. The Hall–Kier alpha value is -1.75. The van der Waals surface area contributed by atoms with Crippen molar-refractivity contribution < 1.29 is 9.90 Å². The Morgan fingerprint density at radius 3 is 2.68 bits per heavy atom. The maximum absolute atomic E-state index is 11.2. The molecule has 0 spiro atoms. The van der Waals surface area contributed by atoms with Crippen LogP contribution >= 0.6 is 11.8 Å². The van der Waals surface area contributed by atoms with E-state index in [-0.39, 0.29) is 5.69 Å². The van der Waals surface area contributed by atoms with Crippen molar-refractivity contribution in [2.24, 2.45) is 0 Å². The second-order valence-corrected chi connectivity index (χ2v) is 5.42. The molecule has 98 valence electrons. The van der Waals surface area contributed by atoms with E-state index in [1.54, 1.807) is 16.4 Å². The maximum Gasteiger partial charge on any atom is 0.356 e. The zero-order valence-electron chi connectivity index (χ0n) is 10.6. The van der Waals surface area contributed by atoms with Crippen molar-refractivity contribution >= 4 is 17.7 Å². The Kier molecular flexibility index (Phi) is 3.06. The summed E-state index contributed by atoms with van der Waals surface area (Å²) in [6.45, 7) is 0. The third-order valence-corrected chi connectivity index (χ3v) is 4.19. The van der Waals surface area contributed by atoms with E-state index in [1.165, 1.54) is 4.90 Å². The van der Waals surface area contributed by atoms with Crippen LogP contribution in [-0.2, 0) is 12.8 Å². The molecule has 0 aliphatic heterocycles. The molecule has 0 fully saturated rings. The van der Waals surface area contributed by atoms with Gasteiger partial charge in [-0.25, -0.2) is 9.48 Å². The molecule has 0 radical (unpaired) electrons. The predicted molar refractivity (Wildman–Crippen MR) is 74.3 cm³/mol. The molecule has 1 aliphatic rings. The lowest BCUT2D eigenvalue weighted by Gasteiger charge is -2.06. The van der Waals surface area contributed by atoms with Gasteiger partial charge in [0, 0.05) is 16.2 Å². The van der Waals surface area contributed by atoms with E-state index in [0.717, 1.165) is 36.2 Å². The summed E-state index contributed by atoms with van der Waals surface area (Å²) in [5, 5.41) is 13.5. The van der Waals surface area contributed by atoms with Crippen molar-refractivity contribution in [1.82, 2.24) is 9.78 Å². The zero-order valence-corrected chi connectivity index (χ0v) is 11.4. The molecule has 4 nitrogen and oxygen atoms in total. The third kappa shape index (κ3) is 2.04. The molecule has 1 aromatic carbocycles. The maximum atomic E-state index is 11.2. The van der Waals surface area contributed by atoms with Crippen molar-refractivity contribution in [2.45, 2.75) is 24.2 Å². The van der Waals surface area contributed by atoms with Gasteiger partial charge in [-0.1, -0.05) is 0 Å². The number of carboxylic acids is 1. The van der Waals surface area contributed by atoms with Crippen molar-refractivity contribution in [3.8, 4) is 5.69 Å². The number of benzene rings is 1. The second kappa shape index (κ2) is 4.74. The van der Waals surface area contributed by atoms with Crippen LogP contribution < -0.4 is 0 Å². The van der Waals surface area contributed by atoms with Gasteiger partial charge in [0.15, 0.2) is 5.69 Å². The summed E-state index contributed by atoms with van der Waals surface area (Å²) in [5.41, 5.74) is 3.10. The minimum absolute atomic E-state index is 0.210. The van der Waals surface area contributed by atoms with Gasteiger partial charge in [-0.15, -0.1) is 11.8 Å². The zero-order chi connectivity index (χ0) is 13.4. The van der Waals surface area contributed by atoms with E-state index in [0.29, 0.717) is 0 Å². The fourth-order valence-electron chi connectivity index (χ4n) is 2.55. The van der Waals surface area contributed by atoms with Crippen LogP contribution in [0.25, 0.3) is 5.69 Å². The van der Waals surface area contributed by atoms with Crippen LogP contribution in [0.3, 0.4) is 0 Å². The third-order valence-electron chi connectivity index (χ3n) is 3.45. The molecule has 1 aromatic heterocycles. The molecule has 0 bridgehead atoms. The van der Waals surface area contributed by atoms with Crippen LogP contribution in [-0.4, -0.2) is 27.1 Å². The Balaban J connectivity index is 2.09. The minimum atomic E-state index is -0.933. The lowest BCUT2D eigenvalue weighted by atomic mass is 10.2. The van der Waals surface area contributed by atoms with Crippen molar-refractivity contribution in [2.75, 3.05) is 6.26 Å². The van der Waals surface area contributed by atoms with Crippen LogP contribution in [0.1, 0.15) is 28.2 Å². The molecule has 0 saturated carbocycles. The number of aromatic nitrogens is 2. The Labute approximate surface area is 115 Å². The van der Waals surface area contributed by atoms with E-state index in [1.807, 2.05) is 30.5 Å². The van der Waals surface area contributed by atoms with E-state index in [2.05, 4.69) is 5.10 Å². The highest BCUT2D eigenvalue weighted by Gasteiger charge is 2.26. The molecule has 0 amide bonds. The highest BCUT2D eigenvalue weighted by atomic mass is 32.2. The number of thioether (sulfide) groups is 1. The van der Waals surface area contributed by atoms with Gasteiger partial charge >= 0.3 is 5.97 Å². The Morgan fingerprint density at radius 2 is 2.05 bits per heavy atom. The molecule has 3 rings (SSSR count).